The average molecular weight is 349 g/mol. The molecule has 1 aromatic carbocycles. The predicted molar refractivity (Wildman–Crippen MR) is 97.5 cm³/mol. The number of nitrogens with one attached hydrogen (secondary N) is 2. The maximum absolute atomic E-state index is 13.2. The molecule has 1 aliphatic rings. The quantitative estimate of drug-likeness (QED) is 0.757. The monoisotopic (exact) mass is 349 g/mol. The molecule has 0 bridgehead atoms. The van der Waals surface area contributed by atoms with Gasteiger partial charge in [-0.1, -0.05) is 18.2 Å². The number of rotatable bonds is 3. The van der Waals surface area contributed by atoms with E-state index in [0.29, 0.717) is 11.5 Å². The maximum atomic E-state index is 13.2. The summed E-state index contributed by atoms with van der Waals surface area (Å²) in [6.07, 6.45) is 3.18. The molecule has 2 aromatic heterocycles. The number of hydrogen-bond acceptors (Lipinski definition) is 5. The Hall–Kier alpha value is -3.42. The molecule has 132 valence electrons. The van der Waals surface area contributed by atoms with Crippen molar-refractivity contribution < 1.29 is 4.79 Å². The normalized spacial score (nSPS) is 16.2. The minimum absolute atomic E-state index is 0.184. The third kappa shape index (κ3) is 2.55. The van der Waals surface area contributed by atoms with Crippen LogP contribution in [0.5, 0.6) is 0 Å². The van der Waals surface area contributed by atoms with Crippen LogP contribution < -0.4 is 10.6 Å². The molecular formula is C18H19N7O. The number of aromatic nitrogens is 5. The van der Waals surface area contributed by atoms with Crippen LogP contribution in [0.2, 0.25) is 0 Å². The van der Waals surface area contributed by atoms with Crippen molar-refractivity contribution in [1.82, 2.24) is 24.5 Å². The Kier molecular flexibility index (Phi) is 3.80. The molecule has 3 heterocycles. The van der Waals surface area contributed by atoms with Crippen molar-refractivity contribution in [2.24, 2.45) is 7.05 Å². The first-order valence-electron chi connectivity index (χ1n) is 8.28. The van der Waals surface area contributed by atoms with Crippen LogP contribution in [-0.2, 0) is 11.8 Å². The molecule has 8 nitrogen and oxygen atoms in total. The van der Waals surface area contributed by atoms with Gasteiger partial charge < -0.3 is 10.6 Å². The molecule has 3 aromatic rings. The third-order valence-electron chi connectivity index (χ3n) is 4.57. The van der Waals surface area contributed by atoms with Crippen LogP contribution >= 0.6 is 0 Å². The van der Waals surface area contributed by atoms with E-state index in [-0.39, 0.29) is 5.91 Å². The fourth-order valence-electron chi connectivity index (χ4n) is 3.21. The first-order valence-corrected chi connectivity index (χ1v) is 8.28. The summed E-state index contributed by atoms with van der Waals surface area (Å²) < 4.78 is 3.45. The van der Waals surface area contributed by atoms with Crippen molar-refractivity contribution in [1.29, 1.82) is 0 Å². The van der Waals surface area contributed by atoms with Crippen LogP contribution in [0.3, 0.4) is 0 Å². The zero-order chi connectivity index (χ0) is 18.3. The number of hydrogen-bond donors (Lipinski definition) is 2. The average Bonchev–Trinajstić information content (AvgIpc) is 3.24. The first kappa shape index (κ1) is 16.1. The molecule has 0 saturated carbocycles. The van der Waals surface area contributed by atoms with E-state index >= 15 is 0 Å². The van der Waals surface area contributed by atoms with Crippen LogP contribution in [0.1, 0.15) is 24.2 Å². The molecule has 0 spiro atoms. The number of para-hydroxylation sites is 1. The summed E-state index contributed by atoms with van der Waals surface area (Å²) in [4.78, 5) is 17.4. The number of benzene rings is 1. The molecule has 8 heteroatoms. The molecule has 26 heavy (non-hydrogen) atoms. The summed E-state index contributed by atoms with van der Waals surface area (Å²) in [5, 5.41) is 14.7. The number of aryl methyl sites for hydroxylation is 2. The SMILES string of the molecule is CC1=C(C(=O)Nc2ccccc2C)[C@H](c2ccnn2C)n2ncnc2N1. The van der Waals surface area contributed by atoms with Crippen molar-refractivity contribution in [3.63, 3.8) is 0 Å². The highest BCUT2D eigenvalue weighted by Crippen LogP contribution is 2.34. The molecule has 0 aliphatic carbocycles. The van der Waals surface area contributed by atoms with E-state index < -0.39 is 6.04 Å². The highest BCUT2D eigenvalue weighted by atomic mass is 16.1. The van der Waals surface area contributed by atoms with Crippen LogP contribution in [0.4, 0.5) is 11.6 Å². The summed E-state index contributed by atoms with van der Waals surface area (Å²) >= 11 is 0. The summed E-state index contributed by atoms with van der Waals surface area (Å²) in [6.45, 7) is 3.83. The summed E-state index contributed by atoms with van der Waals surface area (Å²) in [5.41, 5.74) is 3.96. The van der Waals surface area contributed by atoms with Crippen molar-refractivity contribution in [2.75, 3.05) is 10.6 Å². The first-order chi connectivity index (χ1) is 12.6. The lowest BCUT2D eigenvalue weighted by Gasteiger charge is -2.28. The van der Waals surface area contributed by atoms with E-state index in [4.69, 9.17) is 0 Å². The summed E-state index contributed by atoms with van der Waals surface area (Å²) in [6, 6.07) is 9.17. The lowest BCUT2D eigenvalue weighted by Crippen LogP contribution is -2.32. The standard InChI is InChI=1S/C18H19N7O/c1-11-6-4-5-7-13(11)23-17(26)15-12(2)22-18-19-10-21-25(18)16(15)14-8-9-20-24(14)3/h4-10,16H,1-3H3,(H,23,26)(H,19,21,22)/t16-/m0/s1. The van der Waals surface area contributed by atoms with Gasteiger partial charge in [0, 0.05) is 24.6 Å². The second-order valence-corrected chi connectivity index (χ2v) is 6.24. The molecule has 0 saturated heterocycles. The Morgan fingerprint density at radius 1 is 1.19 bits per heavy atom. The minimum Gasteiger partial charge on any atom is -0.328 e. The number of fused-ring (bicyclic) bond motifs is 1. The van der Waals surface area contributed by atoms with E-state index in [1.807, 2.05) is 51.2 Å². The fraction of sp³-hybridized carbons (Fsp3) is 0.222. The Morgan fingerprint density at radius 3 is 2.73 bits per heavy atom. The van der Waals surface area contributed by atoms with Gasteiger partial charge in [0.2, 0.25) is 5.95 Å². The fourth-order valence-corrected chi connectivity index (χ4v) is 3.21. The van der Waals surface area contributed by atoms with E-state index in [9.17, 15) is 4.79 Å². The van der Waals surface area contributed by atoms with Gasteiger partial charge >= 0.3 is 0 Å². The predicted octanol–water partition coefficient (Wildman–Crippen LogP) is 2.25. The number of carbonyl (C=O) groups is 1. The minimum atomic E-state index is -0.412. The Bertz CT molecular complexity index is 1010. The lowest BCUT2D eigenvalue weighted by molar-refractivity contribution is -0.113. The van der Waals surface area contributed by atoms with Crippen molar-refractivity contribution >= 4 is 17.5 Å². The molecule has 1 aliphatic heterocycles. The van der Waals surface area contributed by atoms with Crippen LogP contribution in [0.15, 0.2) is 54.1 Å². The third-order valence-corrected chi connectivity index (χ3v) is 4.57. The van der Waals surface area contributed by atoms with Gasteiger partial charge in [-0.15, -0.1) is 0 Å². The Labute approximate surface area is 150 Å². The molecule has 2 N–H and O–H groups in total. The molecule has 1 atom stereocenters. The summed E-state index contributed by atoms with van der Waals surface area (Å²) in [7, 11) is 1.85. The Balaban J connectivity index is 1.78. The molecule has 0 fully saturated rings. The number of nitrogens with zero attached hydrogens (tertiary/aromatic N) is 5. The topological polar surface area (TPSA) is 89.7 Å². The highest BCUT2D eigenvalue weighted by molar-refractivity contribution is 6.06. The second kappa shape index (κ2) is 6.14. The number of anilines is 2. The van der Waals surface area contributed by atoms with Crippen molar-refractivity contribution in [3.8, 4) is 0 Å². The molecule has 4 rings (SSSR count). The van der Waals surface area contributed by atoms with Gasteiger partial charge in [0.15, 0.2) is 0 Å². The molecule has 1 amide bonds. The molecular weight excluding hydrogens is 330 g/mol. The smallest absolute Gasteiger partial charge is 0.255 e. The van der Waals surface area contributed by atoms with E-state index in [2.05, 4.69) is 25.8 Å². The number of allylic oxidation sites excluding steroid dienone is 1. The molecule has 0 radical (unpaired) electrons. The van der Waals surface area contributed by atoms with Gasteiger partial charge in [0.25, 0.3) is 5.91 Å². The van der Waals surface area contributed by atoms with E-state index in [1.165, 1.54) is 6.33 Å². The highest BCUT2D eigenvalue weighted by Gasteiger charge is 2.35. The van der Waals surface area contributed by atoms with Crippen LogP contribution in [0, 0.1) is 6.92 Å². The molecule has 0 unspecified atom stereocenters. The zero-order valence-corrected chi connectivity index (χ0v) is 14.8. The van der Waals surface area contributed by atoms with Gasteiger partial charge in [-0.25, -0.2) is 4.68 Å². The van der Waals surface area contributed by atoms with Crippen molar-refractivity contribution in [2.45, 2.75) is 19.9 Å². The van der Waals surface area contributed by atoms with Gasteiger partial charge in [0.05, 0.1) is 11.3 Å². The second-order valence-electron chi connectivity index (χ2n) is 6.24. The summed E-state index contributed by atoms with van der Waals surface area (Å²) in [5.74, 6) is 0.415. The lowest BCUT2D eigenvalue weighted by atomic mass is 9.99. The van der Waals surface area contributed by atoms with Gasteiger partial charge in [0.1, 0.15) is 12.4 Å². The van der Waals surface area contributed by atoms with Crippen LogP contribution in [-0.4, -0.2) is 30.5 Å². The van der Waals surface area contributed by atoms with E-state index in [0.717, 1.165) is 22.6 Å². The van der Waals surface area contributed by atoms with Gasteiger partial charge in [-0.3, -0.25) is 9.48 Å². The Morgan fingerprint density at radius 2 is 2.00 bits per heavy atom. The zero-order valence-electron chi connectivity index (χ0n) is 14.8. The van der Waals surface area contributed by atoms with E-state index in [1.54, 1.807) is 15.6 Å². The maximum Gasteiger partial charge on any atom is 0.255 e. The largest absolute Gasteiger partial charge is 0.328 e. The number of amides is 1. The van der Waals surface area contributed by atoms with Gasteiger partial charge in [-0.2, -0.15) is 15.2 Å². The van der Waals surface area contributed by atoms with Gasteiger partial charge in [-0.05, 0) is 31.5 Å². The van der Waals surface area contributed by atoms with Crippen LogP contribution in [0.25, 0.3) is 0 Å². The van der Waals surface area contributed by atoms with Crippen molar-refractivity contribution in [3.05, 3.63) is 65.4 Å². The number of carbonyl (C=O) groups excluding carboxylic acids is 1.